The number of sulfonamides is 1. The third-order valence-electron chi connectivity index (χ3n) is 4.41. The molecular formula is C16H24N2O4S. The van der Waals surface area contributed by atoms with Gasteiger partial charge in [0.1, 0.15) is 13.2 Å². The first-order valence-electron chi connectivity index (χ1n) is 8.12. The highest BCUT2D eigenvalue weighted by molar-refractivity contribution is 7.89. The number of hydrogen-bond donors (Lipinski definition) is 1. The molecule has 0 aliphatic carbocycles. The van der Waals surface area contributed by atoms with E-state index in [2.05, 4.69) is 23.5 Å². The van der Waals surface area contributed by atoms with Crippen molar-refractivity contribution in [3.63, 3.8) is 0 Å². The summed E-state index contributed by atoms with van der Waals surface area (Å²) in [6.45, 7) is 7.11. The molecular weight excluding hydrogens is 316 g/mol. The SMILES string of the molecule is CC(C)N1CCC(NS(=O)(=O)c2ccc3c(c2)OCCO3)CC1. The number of fused-ring (bicyclic) bond motifs is 1. The zero-order valence-corrected chi connectivity index (χ0v) is 14.4. The molecule has 2 aliphatic heterocycles. The minimum atomic E-state index is -3.54. The largest absolute Gasteiger partial charge is 0.486 e. The summed E-state index contributed by atoms with van der Waals surface area (Å²) >= 11 is 0. The monoisotopic (exact) mass is 340 g/mol. The second-order valence-corrected chi connectivity index (χ2v) is 8.04. The quantitative estimate of drug-likeness (QED) is 0.902. The average Bonchev–Trinajstić information content (AvgIpc) is 2.54. The van der Waals surface area contributed by atoms with Gasteiger partial charge in [0.25, 0.3) is 0 Å². The van der Waals surface area contributed by atoms with Crippen molar-refractivity contribution in [1.29, 1.82) is 0 Å². The normalized spacial score (nSPS) is 20.0. The van der Waals surface area contributed by atoms with Gasteiger partial charge in [-0.3, -0.25) is 0 Å². The van der Waals surface area contributed by atoms with Crippen LogP contribution in [-0.4, -0.2) is 51.7 Å². The lowest BCUT2D eigenvalue weighted by atomic mass is 10.1. The van der Waals surface area contributed by atoms with Crippen molar-refractivity contribution in [2.24, 2.45) is 0 Å². The maximum Gasteiger partial charge on any atom is 0.240 e. The topological polar surface area (TPSA) is 67.9 Å². The highest BCUT2D eigenvalue weighted by atomic mass is 32.2. The molecule has 0 radical (unpaired) electrons. The Hall–Kier alpha value is -1.31. The molecule has 0 bridgehead atoms. The second-order valence-electron chi connectivity index (χ2n) is 6.33. The zero-order chi connectivity index (χ0) is 16.4. The van der Waals surface area contributed by atoms with Gasteiger partial charge in [0.05, 0.1) is 4.90 Å². The van der Waals surface area contributed by atoms with Crippen molar-refractivity contribution < 1.29 is 17.9 Å². The zero-order valence-electron chi connectivity index (χ0n) is 13.6. The summed E-state index contributed by atoms with van der Waals surface area (Å²) in [6.07, 6.45) is 1.67. The fourth-order valence-corrected chi connectivity index (χ4v) is 4.33. The molecule has 2 heterocycles. The molecule has 1 aromatic carbocycles. The molecule has 0 saturated carbocycles. The summed E-state index contributed by atoms with van der Waals surface area (Å²) in [6, 6.07) is 5.26. The first kappa shape index (κ1) is 16.5. The molecule has 1 fully saturated rings. The van der Waals surface area contributed by atoms with E-state index in [1.54, 1.807) is 18.2 Å². The highest BCUT2D eigenvalue weighted by Crippen LogP contribution is 2.32. The van der Waals surface area contributed by atoms with E-state index < -0.39 is 10.0 Å². The van der Waals surface area contributed by atoms with Crippen LogP contribution in [0.25, 0.3) is 0 Å². The molecule has 2 aliphatic rings. The number of ether oxygens (including phenoxy) is 2. The Morgan fingerprint density at radius 1 is 1.13 bits per heavy atom. The van der Waals surface area contributed by atoms with Gasteiger partial charge >= 0.3 is 0 Å². The molecule has 0 aromatic heterocycles. The molecule has 128 valence electrons. The molecule has 1 saturated heterocycles. The van der Waals surface area contributed by atoms with Crippen molar-refractivity contribution >= 4 is 10.0 Å². The number of hydrogen-bond acceptors (Lipinski definition) is 5. The third-order valence-corrected chi connectivity index (χ3v) is 5.92. The lowest BCUT2D eigenvalue weighted by Gasteiger charge is -2.34. The summed E-state index contributed by atoms with van der Waals surface area (Å²) < 4.78 is 38.9. The van der Waals surface area contributed by atoms with Crippen LogP contribution in [0.5, 0.6) is 11.5 Å². The predicted molar refractivity (Wildman–Crippen MR) is 87.5 cm³/mol. The van der Waals surface area contributed by atoms with Gasteiger partial charge in [-0.05, 0) is 51.9 Å². The van der Waals surface area contributed by atoms with Gasteiger partial charge in [0, 0.05) is 18.2 Å². The van der Waals surface area contributed by atoms with Gasteiger partial charge < -0.3 is 14.4 Å². The summed E-state index contributed by atoms with van der Waals surface area (Å²) in [5, 5.41) is 0. The van der Waals surface area contributed by atoms with Crippen LogP contribution in [0.3, 0.4) is 0 Å². The van der Waals surface area contributed by atoms with Crippen LogP contribution in [0.4, 0.5) is 0 Å². The van der Waals surface area contributed by atoms with Crippen molar-refractivity contribution in [2.75, 3.05) is 26.3 Å². The summed E-state index contributed by atoms with van der Waals surface area (Å²) in [5.74, 6) is 1.09. The molecule has 0 atom stereocenters. The van der Waals surface area contributed by atoms with E-state index >= 15 is 0 Å². The summed E-state index contributed by atoms with van der Waals surface area (Å²) in [5.41, 5.74) is 0. The number of benzene rings is 1. The Balaban J connectivity index is 1.68. The minimum Gasteiger partial charge on any atom is -0.486 e. The van der Waals surface area contributed by atoms with Crippen LogP contribution in [0.2, 0.25) is 0 Å². The van der Waals surface area contributed by atoms with Gasteiger partial charge in [-0.1, -0.05) is 0 Å². The Bertz CT molecular complexity index is 652. The van der Waals surface area contributed by atoms with E-state index in [1.165, 1.54) is 0 Å². The van der Waals surface area contributed by atoms with E-state index in [0.29, 0.717) is 30.8 Å². The van der Waals surface area contributed by atoms with Crippen molar-refractivity contribution in [2.45, 2.75) is 43.7 Å². The Kier molecular flexibility index (Phi) is 4.79. The predicted octanol–water partition coefficient (Wildman–Crippen LogP) is 1.61. The smallest absolute Gasteiger partial charge is 0.240 e. The lowest BCUT2D eigenvalue weighted by molar-refractivity contribution is 0.168. The standard InChI is InChI=1S/C16H24N2O4S/c1-12(2)18-7-5-13(6-8-18)17-23(19,20)14-3-4-15-16(11-14)22-10-9-21-15/h3-4,11-13,17H,5-10H2,1-2H3. The molecule has 7 heteroatoms. The van der Waals surface area contributed by atoms with E-state index in [0.717, 1.165) is 25.9 Å². The van der Waals surface area contributed by atoms with Crippen molar-refractivity contribution in [3.8, 4) is 11.5 Å². The van der Waals surface area contributed by atoms with Crippen LogP contribution in [0.1, 0.15) is 26.7 Å². The van der Waals surface area contributed by atoms with Gasteiger partial charge in [-0.2, -0.15) is 0 Å². The molecule has 1 N–H and O–H groups in total. The maximum atomic E-state index is 12.6. The number of piperidine rings is 1. The van der Waals surface area contributed by atoms with E-state index in [9.17, 15) is 8.42 Å². The molecule has 6 nitrogen and oxygen atoms in total. The molecule has 23 heavy (non-hydrogen) atoms. The summed E-state index contributed by atoms with van der Waals surface area (Å²) in [4.78, 5) is 2.60. The molecule has 3 rings (SSSR count). The Morgan fingerprint density at radius 2 is 1.78 bits per heavy atom. The van der Waals surface area contributed by atoms with Gasteiger partial charge in [-0.25, -0.2) is 13.1 Å². The molecule has 0 unspecified atom stereocenters. The maximum absolute atomic E-state index is 12.6. The first-order chi connectivity index (χ1) is 11.0. The minimum absolute atomic E-state index is 0.0109. The Morgan fingerprint density at radius 3 is 2.43 bits per heavy atom. The highest BCUT2D eigenvalue weighted by Gasteiger charge is 2.26. The van der Waals surface area contributed by atoms with Crippen LogP contribution >= 0.6 is 0 Å². The number of likely N-dealkylation sites (tertiary alicyclic amines) is 1. The first-order valence-corrected chi connectivity index (χ1v) is 9.60. The van der Waals surface area contributed by atoms with E-state index in [4.69, 9.17) is 9.47 Å². The number of nitrogens with zero attached hydrogens (tertiary/aromatic N) is 1. The number of nitrogens with one attached hydrogen (secondary N) is 1. The number of rotatable bonds is 4. The Labute approximate surface area is 137 Å². The average molecular weight is 340 g/mol. The van der Waals surface area contributed by atoms with Crippen LogP contribution in [-0.2, 0) is 10.0 Å². The van der Waals surface area contributed by atoms with Crippen LogP contribution in [0, 0.1) is 0 Å². The molecule has 0 spiro atoms. The van der Waals surface area contributed by atoms with Crippen LogP contribution < -0.4 is 14.2 Å². The van der Waals surface area contributed by atoms with Crippen LogP contribution in [0.15, 0.2) is 23.1 Å². The second kappa shape index (κ2) is 6.67. The van der Waals surface area contributed by atoms with E-state index in [1.807, 2.05) is 0 Å². The fraction of sp³-hybridized carbons (Fsp3) is 0.625. The third kappa shape index (κ3) is 3.79. The fourth-order valence-electron chi connectivity index (χ4n) is 3.01. The summed E-state index contributed by atoms with van der Waals surface area (Å²) in [7, 11) is -3.54. The van der Waals surface area contributed by atoms with Gasteiger partial charge in [0.2, 0.25) is 10.0 Å². The van der Waals surface area contributed by atoms with Gasteiger partial charge in [-0.15, -0.1) is 0 Å². The molecule has 1 aromatic rings. The van der Waals surface area contributed by atoms with Crippen molar-refractivity contribution in [3.05, 3.63) is 18.2 Å². The van der Waals surface area contributed by atoms with E-state index in [-0.39, 0.29) is 10.9 Å². The lowest BCUT2D eigenvalue weighted by Crippen LogP contribution is -2.46. The van der Waals surface area contributed by atoms with Crippen molar-refractivity contribution in [1.82, 2.24) is 9.62 Å². The molecule has 0 amide bonds. The van der Waals surface area contributed by atoms with Gasteiger partial charge in [0.15, 0.2) is 11.5 Å².